The summed E-state index contributed by atoms with van der Waals surface area (Å²) in [5.41, 5.74) is 0. The fraction of sp³-hybridized carbons (Fsp3) is 0.688. The largest absolute Gasteiger partial charge is 0.467 e. The molecule has 22 heavy (non-hydrogen) atoms. The molecule has 0 spiro atoms. The van der Waals surface area contributed by atoms with Crippen LogP contribution in [0.2, 0.25) is 0 Å². The van der Waals surface area contributed by atoms with E-state index in [1.165, 1.54) is 0 Å². The van der Waals surface area contributed by atoms with Crippen LogP contribution in [0, 0.1) is 11.8 Å². The first-order chi connectivity index (χ1) is 10.2. The van der Waals surface area contributed by atoms with Crippen LogP contribution >= 0.6 is 12.4 Å². The highest BCUT2D eigenvalue weighted by atomic mass is 35.5. The molecule has 126 valence electrons. The third-order valence-electron chi connectivity index (χ3n) is 3.65. The van der Waals surface area contributed by atoms with Crippen LogP contribution in [0.15, 0.2) is 22.8 Å². The first-order valence-electron chi connectivity index (χ1n) is 7.79. The van der Waals surface area contributed by atoms with Crippen molar-refractivity contribution >= 4 is 18.3 Å². The van der Waals surface area contributed by atoms with E-state index in [0.29, 0.717) is 19.1 Å². The predicted molar refractivity (Wildman–Crippen MR) is 88.1 cm³/mol. The fourth-order valence-corrected chi connectivity index (χ4v) is 2.48. The molecule has 0 saturated carbocycles. The number of amides is 1. The lowest BCUT2D eigenvalue weighted by atomic mass is 9.97. The maximum absolute atomic E-state index is 12.4. The van der Waals surface area contributed by atoms with Crippen molar-refractivity contribution in [2.24, 2.45) is 11.8 Å². The lowest BCUT2D eigenvalue weighted by Gasteiger charge is -2.25. The molecule has 1 aromatic rings. The zero-order valence-electron chi connectivity index (χ0n) is 13.3. The summed E-state index contributed by atoms with van der Waals surface area (Å²) in [6.45, 7) is 7.16. The van der Waals surface area contributed by atoms with Crippen LogP contribution in [0.25, 0.3) is 0 Å². The molecule has 1 fully saturated rings. The van der Waals surface area contributed by atoms with Crippen molar-refractivity contribution in [3.63, 3.8) is 0 Å². The van der Waals surface area contributed by atoms with Gasteiger partial charge in [0.2, 0.25) is 5.91 Å². The van der Waals surface area contributed by atoms with Gasteiger partial charge in [-0.2, -0.15) is 0 Å². The van der Waals surface area contributed by atoms with E-state index in [4.69, 9.17) is 9.15 Å². The fourth-order valence-electron chi connectivity index (χ4n) is 2.48. The molecule has 1 saturated heterocycles. The lowest BCUT2D eigenvalue weighted by Crippen LogP contribution is -2.40. The molecule has 2 rings (SSSR count). The molecule has 6 heteroatoms. The number of hydrogen-bond donors (Lipinski definition) is 2. The first-order valence-corrected chi connectivity index (χ1v) is 7.79. The van der Waals surface area contributed by atoms with Gasteiger partial charge in [0, 0.05) is 12.5 Å². The summed E-state index contributed by atoms with van der Waals surface area (Å²) in [5, 5.41) is 6.35. The minimum absolute atomic E-state index is 0. The summed E-state index contributed by atoms with van der Waals surface area (Å²) >= 11 is 0. The first kappa shape index (κ1) is 19.0. The van der Waals surface area contributed by atoms with Gasteiger partial charge in [0.1, 0.15) is 11.8 Å². The number of furan rings is 1. The van der Waals surface area contributed by atoms with Crippen molar-refractivity contribution < 1.29 is 13.9 Å². The van der Waals surface area contributed by atoms with E-state index in [0.717, 1.165) is 31.7 Å². The second kappa shape index (κ2) is 9.87. The Labute approximate surface area is 138 Å². The monoisotopic (exact) mass is 330 g/mol. The van der Waals surface area contributed by atoms with Crippen molar-refractivity contribution in [3.8, 4) is 0 Å². The Balaban J connectivity index is 0.00000242. The topological polar surface area (TPSA) is 63.5 Å². The molecule has 1 amide bonds. The van der Waals surface area contributed by atoms with E-state index in [1.807, 2.05) is 12.1 Å². The molecule has 1 aromatic heterocycles. The number of piperidine rings is 1. The highest BCUT2D eigenvalue weighted by Gasteiger charge is 2.25. The number of hydrogen-bond acceptors (Lipinski definition) is 4. The summed E-state index contributed by atoms with van der Waals surface area (Å²) in [6.07, 6.45) is 3.41. The van der Waals surface area contributed by atoms with Gasteiger partial charge >= 0.3 is 0 Å². The number of nitrogens with one attached hydrogen (secondary N) is 2. The number of ether oxygens (including phenoxy) is 1. The third-order valence-corrected chi connectivity index (χ3v) is 3.65. The van der Waals surface area contributed by atoms with Crippen LogP contribution in [-0.4, -0.2) is 32.2 Å². The Morgan fingerprint density at radius 1 is 1.41 bits per heavy atom. The van der Waals surface area contributed by atoms with Gasteiger partial charge in [0.05, 0.1) is 12.9 Å². The number of carbonyl (C=O) groups excluding carboxylic acids is 1. The van der Waals surface area contributed by atoms with Gasteiger partial charge in [0.25, 0.3) is 0 Å². The van der Waals surface area contributed by atoms with Crippen molar-refractivity contribution in [1.29, 1.82) is 0 Å². The van der Waals surface area contributed by atoms with Gasteiger partial charge in [-0.25, -0.2) is 0 Å². The predicted octanol–water partition coefficient (Wildman–Crippen LogP) is 2.53. The molecule has 1 aliphatic heterocycles. The minimum atomic E-state index is -0.207. The van der Waals surface area contributed by atoms with Crippen molar-refractivity contribution in [3.05, 3.63) is 24.2 Å². The second-order valence-corrected chi connectivity index (χ2v) is 6.03. The summed E-state index contributed by atoms with van der Waals surface area (Å²) in [5.74, 6) is 1.42. The van der Waals surface area contributed by atoms with Crippen LogP contribution in [0.5, 0.6) is 0 Å². The number of rotatable bonds is 7. The molecule has 2 heterocycles. The smallest absolute Gasteiger partial charge is 0.223 e. The maximum Gasteiger partial charge on any atom is 0.223 e. The highest BCUT2D eigenvalue weighted by Crippen LogP contribution is 2.18. The van der Waals surface area contributed by atoms with Crippen molar-refractivity contribution in [2.75, 3.05) is 26.3 Å². The van der Waals surface area contributed by atoms with Gasteiger partial charge in [-0.15, -0.1) is 12.4 Å². The molecule has 0 aliphatic carbocycles. The third kappa shape index (κ3) is 5.99. The molecule has 1 aliphatic rings. The van der Waals surface area contributed by atoms with Gasteiger partial charge in [-0.1, -0.05) is 13.8 Å². The summed E-state index contributed by atoms with van der Waals surface area (Å²) in [7, 11) is 0. The molecule has 1 unspecified atom stereocenters. The van der Waals surface area contributed by atoms with E-state index in [9.17, 15) is 4.79 Å². The van der Waals surface area contributed by atoms with Gasteiger partial charge < -0.3 is 19.8 Å². The Hall–Kier alpha value is -1.04. The molecular formula is C16H27ClN2O3. The molecule has 0 aromatic carbocycles. The average molecular weight is 331 g/mol. The van der Waals surface area contributed by atoms with Crippen LogP contribution in [0.4, 0.5) is 0 Å². The van der Waals surface area contributed by atoms with E-state index < -0.39 is 0 Å². The average Bonchev–Trinajstić information content (AvgIpc) is 3.01. The normalized spacial score (nSPS) is 17.0. The number of carbonyl (C=O) groups is 1. The van der Waals surface area contributed by atoms with Crippen molar-refractivity contribution in [1.82, 2.24) is 10.6 Å². The molecule has 1 atom stereocenters. The van der Waals surface area contributed by atoms with Gasteiger partial charge in [-0.3, -0.25) is 4.79 Å². The zero-order chi connectivity index (χ0) is 15.1. The molecular weight excluding hydrogens is 304 g/mol. The Kier molecular flexibility index (Phi) is 8.53. The van der Waals surface area contributed by atoms with Gasteiger partial charge in [-0.05, 0) is 44.0 Å². The molecule has 2 N–H and O–H groups in total. The maximum atomic E-state index is 12.4. The Morgan fingerprint density at radius 3 is 2.73 bits per heavy atom. The standard InChI is InChI=1S/C16H26N2O3.ClH/c1-12(2)10-20-11-14(15-4-3-9-21-15)18-16(19)13-5-7-17-8-6-13;/h3-4,9,12-14,17H,5-8,10-11H2,1-2H3,(H,18,19);1H. The van der Waals surface area contributed by atoms with Crippen molar-refractivity contribution in [2.45, 2.75) is 32.7 Å². The van der Waals surface area contributed by atoms with E-state index in [1.54, 1.807) is 6.26 Å². The summed E-state index contributed by atoms with van der Waals surface area (Å²) < 4.78 is 11.1. The molecule has 5 nitrogen and oxygen atoms in total. The minimum Gasteiger partial charge on any atom is -0.467 e. The number of halogens is 1. The van der Waals surface area contributed by atoms with E-state index in [2.05, 4.69) is 24.5 Å². The van der Waals surface area contributed by atoms with Gasteiger partial charge in [0.15, 0.2) is 0 Å². The quantitative estimate of drug-likeness (QED) is 0.806. The Bertz CT molecular complexity index is 417. The summed E-state index contributed by atoms with van der Waals surface area (Å²) in [4.78, 5) is 12.4. The van der Waals surface area contributed by atoms with Crippen LogP contribution in [0.3, 0.4) is 0 Å². The zero-order valence-corrected chi connectivity index (χ0v) is 14.2. The second-order valence-electron chi connectivity index (χ2n) is 6.03. The summed E-state index contributed by atoms with van der Waals surface area (Å²) in [6, 6.07) is 3.51. The van der Waals surface area contributed by atoms with Crippen LogP contribution in [0.1, 0.15) is 38.5 Å². The van der Waals surface area contributed by atoms with Crippen LogP contribution < -0.4 is 10.6 Å². The van der Waals surface area contributed by atoms with E-state index in [-0.39, 0.29) is 30.3 Å². The Morgan fingerprint density at radius 2 is 2.14 bits per heavy atom. The highest BCUT2D eigenvalue weighted by molar-refractivity contribution is 5.85. The van der Waals surface area contributed by atoms with E-state index >= 15 is 0 Å². The SMILES string of the molecule is CC(C)COCC(NC(=O)C1CCNCC1)c1ccco1.Cl. The lowest BCUT2D eigenvalue weighted by molar-refractivity contribution is -0.127. The molecule has 0 radical (unpaired) electrons. The molecule has 0 bridgehead atoms. The van der Waals surface area contributed by atoms with Crippen LogP contribution in [-0.2, 0) is 9.53 Å².